The van der Waals surface area contributed by atoms with E-state index in [4.69, 9.17) is 0 Å². The van der Waals surface area contributed by atoms with E-state index in [1.165, 1.54) is 50.7 Å². The van der Waals surface area contributed by atoms with Gasteiger partial charge in [-0.1, -0.05) is 38.5 Å². The zero-order valence-electron chi connectivity index (χ0n) is 8.42. The van der Waals surface area contributed by atoms with Crippen LogP contribution in [0.15, 0.2) is 12.2 Å². The van der Waals surface area contributed by atoms with Crippen LogP contribution >= 0.6 is 0 Å². The second-order valence-electron chi connectivity index (χ2n) is 3.31. The van der Waals surface area contributed by atoms with E-state index in [1.807, 2.05) is 5.32 Å². The highest BCUT2D eigenvalue weighted by atomic mass is 16.2. The van der Waals surface area contributed by atoms with Crippen molar-refractivity contribution in [1.29, 1.82) is 0 Å². The van der Waals surface area contributed by atoms with Crippen molar-refractivity contribution in [3.05, 3.63) is 12.2 Å². The van der Waals surface area contributed by atoms with Gasteiger partial charge in [-0.15, -0.1) is 0 Å². The van der Waals surface area contributed by atoms with Gasteiger partial charge in [0.15, 0.2) is 0 Å². The van der Waals surface area contributed by atoms with Crippen molar-refractivity contribution in [2.75, 3.05) is 0 Å². The number of imide groups is 1. The molecule has 1 heterocycles. The van der Waals surface area contributed by atoms with Gasteiger partial charge in [0.25, 0.3) is 11.8 Å². The van der Waals surface area contributed by atoms with Gasteiger partial charge in [-0.3, -0.25) is 14.9 Å². The molecule has 0 bridgehead atoms. The van der Waals surface area contributed by atoms with E-state index in [-0.39, 0.29) is 18.0 Å². The molecule has 4 N–H and O–H groups in total. The molecule has 2 rings (SSSR count). The minimum atomic E-state index is -0.329. The number of carbonyl (C=O) groups is 2. The fourth-order valence-electron chi connectivity index (χ4n) is 1.42. The first-order chi connectivity index (χ1) is 6.29. The largest absolute Gasteiger partial charge is 0.344 e. The minimum Gasteiger partial charge on any atom is -0.344 e. The topological polar surface area (TPSA) is 81.2 Å². The fraction of sp³-hybridized carbons (Fsp3) is 0.600. The molecule has 0 aromatic carbocycles. The molecule has 4 heteroatoms. The molecular formula is C10H18N2O2. The first-order valence-corrected chi connectivity index (χ1v) is 4.82. The highest BCUT2D eigenvalue weighted by Crippen LogP contribution is 2.15. The third-order valence-corrected chi connectivity index (χ3v) is 2.13. The predicted molar refractivity (Wildman–Crippen MR) is 55.0 cm³/mol. The average molecular weight is 198 g/mol. The quantitative estimate of drug-likeness (QED) is 0.581. The Labute approximate surface area is 84.3 Å². The maximum absolute atomic E-state index is 10.0. The van der Waals surface area contributed by atoms with E-state index in [0.717, 1.165) is 0 Å². The third kappa shape index (κ3) is 5.48. The second kappa shape index (κ2) is 7.26. The zero-order valence-corrected chi connectivity index (χ0v) is 8.42. The molecular weight excluding hydrogens is 180 g/mol. The van der Waals surface area contributed by atoms with Crippen LogP contribution in [0.3, 0.4) is 0 Å². The maximum Gasteiger partial charge on any atom is 0.250 e. The lowest BCUT2D eigenvalue weighted by atomic mass is 10.0. The Hall–Kier alpha value is -1.16. The van der Waals surface area contributed by atoms with Crippen molar-refractivity contribution in [1.82, 2.24) is 11.5 Å². The van der Waals surface area contributed by atoms with Crippen molar-refractivity contribution in [2.45, 2.75) is 38.5 Å². The van der Waals surface area contributed by atoms with Crippen molar-refractivity contribution in [2.24, 2.45) is 0 Å². The lowest BCUT2D eigenvalue weighted by Gasteiger charge is -2.05. The van der Waals surface area contributed by atoms with E-state index < -0.39 is 0 Å². The van der Waals surface area contributed by atoms with Gasteiger partial charge >= 0.3 is 0 Å². The van der Waals surface area contributed by atoms with Crippen molar-refractivity contribution >= 4 is 11.8 Å². The monoisotopic (exact) mass is 198 g/mol. The number of hydrogen-bond donors (Lipinski definition) is 2. The number of carbonyl (C=O) groups excluding carboxylic acids is 2. The summed E-state index contributed by atoms with van der Waals surface area (Å²) in [6, 6.07) is 0. The van der Waals surface area contributed by atoms with E-state index in [2.05, 4.69) is 0 Å². The number of amides is 2. The summed E-state index contributed by atoms with van der Waals surface area (Å²) < 4.78 is 0. The molecule has 0 atom stereocenters. The molecule has 0 radical (unpaired) electrons. The molecule has 2 amide bonds. The van der Waals surface area contributed by atoms with Crippen LogP contribution in [0.4, 0.5) is 0 Å². The zero-order chi connectivity index (χ0) is 9.52. The lowest BCUT2D eigenvalue weighted by molar-refractivity contribution is -0.123. The van der Waals surface area contributed by atoms with Gasteiger partial charge in [-0.25, -0.2) is 0 Å². The van der Waals surface area contributed by atoms with E-state index in [1.54, 1.807) is 0 Å². The summed E-state index contributed by atoms with van der Waals surface area (Å²) in [4.78, 5) is 20.1. The predicted octanol–water partition coefficient (Wildman–Crippen LogP) is 1.70. The van der Waals surface area contributed by atoms with Crippen LogP contribution < -0.4 is 11.5 Å². The molecule has 1 aliphatic heterocycles. The highest BCUT2D eigenvalue weighted by molar-refractivity contribution is 6.12. The van der Waals surface area contributed by atoms with Crippen molar-refractivity contribution in [3.63, 3.8) is 0 Å². The highest BCUT2D eigenvalue weighted by Gasteiger charge is 2.06. The number of hydrogen-bond acceptors (Lipinski definition) is 3. The van der Waals surface area contributed by atoms with Crippen LogP contribution in [0.1, 0.15) is 38.5 Å². The molecule has 2 aliphatic rings. The summed E-state index contributed by atoms with van der Waals surface area (Å²) in [5, 5.41) is 2.03. The Balaban J connectivity index is 0.000000227. The Morgan fingerprint density at radius 1 is 0.786 bits per heavy atom. The standard InChI is InChI=1S/C6H12.C4H3NO2.H3N/c1-2-4-6-5-3-1;6-3-1-2-4(7)5-3;/h1-6H2;1-2H,(H,5,6,7);1H3. The van der Waals surface area contributed by atoms with Gasteiger partial charge in [-0.2, -0.15) is 0 Å². The van der Waals surface area contributed by atoms with Gasteiger partial charge in [0.2, 0.25) is 0 Å². The van der Waals surface area contributed by atoms with Crippen molar-refractivity contribution in [3.8, 4) is 0 Å². The van der Waals surface area contributed by atoms with Crippen molar-refractivity contribution < 1.29 is 9.59 Å². The first kappa shape index (κ1) is 12.8. The molecule has 1 fully saturated rings. The smallest absolute Gasteiger partial charge is 0.250 e. The Bertz CT molecular complexity index is 193. The van der Waals surface area contributed by atoms with Crippen LogP contribution in [-0.4, -0.2) is 11.8 Å². The van der Waals surface area contributed by atoms with Crippen LogP contribution in [-0.2, 0) is 9.59 Å². The normalized spacial score (nSPS) is 19.1. The van der Waals surface area contributed by atoms with Crippen LogP contribution in [0, 0.1) is 0 Å². The second-order valence-corrected chi connectivity index (χ2v) is 3.31. The number of rotatable bonds is 0. The first-order valence-electron chi connectivity index (χ1n) is 4.82. The summed E-state index contributed by atoms with van der Waals surface area (Å²) in [6.45, 7) is 0. The molecule has 0 aromatic heterocycles. The van der Waals surface area contributed by atoms with E-state index in [0.29, 0.717) is 0 Å². The number of nitrogens with one attached hydrogen (secondary N) is 1. The Morgan fingerprint density at radius 3 is 1.21 bits per heavy atom. The van der Waals surface area contributed by atoms with Gasteiger partial charge in [-0.05, 0) is 0 Å². The van der Waals surface area contributed by atoms with Gasteiger partial charge in [0, 0.05) is 12.2 Å². The molecule has 4 nitrogen and oxygen atoms in total. The lowest BCUT2D eigenvalue weighted by Crippen LogP contribution is -2.19. The Morgan fingerprint density at radius 2 is 1.07 bits per heavy atom. The van der Waals surface area contributed by atoms with E-state index in [9.17, 15) is 9.59 Å². The molecule has 0 spiro atoms. The molecule has 14 heavy (non-hydrogen) atoms. The molecule has 1 aliphatic carbocycles. The molecule has 0 aromatic rings. The van der Waals surface area contributed by atoms with Gasteiger partial charge in [0.05, 0.1) is 0 Å². The minimum absolute atomic E-state index is 0. The van der Waals surface area contributed by atoms with Crippen LogP contribution in [0.2, 0.25) is 0 Å². The maximum atomic E-state index is 10.0. The Kier molecular flexibility index (Phi) is 6.66. The molecule has 0 unspecified atom stereocenters. The van der Waals surface area contributed by atoms with Crippen LogP contribution in [0.25, 0.3) is 0 Å². The van der Waals surface area contributed by atoms with Crippen LogP contribution in [0.5, 0.6) is 0 Å². The SMILES string of the molecule is C1CCCCC1.N.O=C1C=CC(=O)N1. The molecule has 80 valence electrons. The fourth-order valence-corrected chi connectivity index (χ4v) is 1.42. The third-order valence-electron chi connectivity index (χ3n) is 2.13. The summed E-state index contributed by atoms with van der Waals surface area (Å²) in [6.07, 6.45) is 11.4. The summed E-state index contributed by atoms with van der Waals surface area (Å²) in [5.41, 5.74) is 0. The summed E-state index contributed by atoms with van der Waals surface area (Å²) in [7, 11) is 0. The summed E-state index contributed by atoms with van der Waals surface area (Å²) >= 11 is 0. The average Bonchev–Trinajstić information content (AvgIpc) is 2.54. The molecule has 0 saturated heterocycles. The summed E-state index contributed by atoms with van der Waals surface area (Å²) in [5.74, 6) is -0.657. The van der Waals surface area contributed by atoms with Gasteiger partial charge in [0.1, 0.15) is 0 Å². The van der Waals surface area contributed by atoms with E-state index >= 15 is 0 Å². The molecule has 1 saturated carbocycles. The van der Waals surface area contributed by atoms with Gasteiger partial charge < -0.3 is 6.15 Å².